The summed E-state index contributed by atoms with van der Waals surface area (Å²) in [5.41, 5.74) is 2.34. The van der Waals surface area contributed by atoms with Gasteiger partial charge >= 0.3 is 0 Å². The number of methoxy groups -OCH3 is 1. The first-order valence-electron chi connectivity index (χ1n) is 6.57. The van der Waals surface area contributed by atoms with Gasteiger partial charge in [-0.1, -0.05) is 50.2 Å². The van der Waals surface area contributed by atoms with Gasteiger partial charge in [-0.3, -0.25) is 0 Å². The third-order valence-electron chi connectivity index (χ3n) is 3.73. The van der Waals surface area contributed by atoms with E-state index in [1.54, 1.807) is 12.1 Å². The fourth-order valence-corrected chi connectivity index (χ4v) is 2.35. The van der Waals surface area contributed by atoms with Gasteiger partial charge in [0.2, 0.25) is 0 Å². The summed E-state index contributed by atoms with van der Waals surface area (Å²) in [4.78, 5) is 0. The fourth-order valence-electron chi connectivity index (χ4n) is 2.35. The second-order valence-electron chi connectivity index (χ2n) is 5.32. The summed E-state index contributed by atoms with van der Waals surface area (Å²) in [6, 6.07) is 15.6. The van der Waals surface area contributed by atoms with E-state index < -0.39 is 6.29 Å². The topological polar surface area (TPSA) is 49.7 Å². The average molecular weight is 272 g/mol. The van der Waals surface area contributed by atoms with Crippen LogP contribution in [0.2, 0.25) is 0 Å². The minimum atomic E-state index is -1.54. The highest BCUT2D eigenvalue weighted by Crippen LogP contribution is 2.35. The molecule has 0 amide bonds. The molecule has 106 valence electrons. The van der Waals surface area contributed by atoms with Crippen LogP contribution in [0.4, 0.5) is 0 Å². The minimum Gasteiger partial charge on any atom is -0.496 e. The molecule has 0 aliphatic carbocycles. The van der Waals surface area contributed by atoms with Crippen molar-refractivity contribution in [3.63, 3.8) is 0 Å². The molecule has 2 aromatic carbocycles. The molecule has 0 heterocycles. The van der Waals surface area contributed by atoms with Crippen LogP contribution in [0, 0.1) is 0 Å². The number of hydrogen-bond acceptors (Lipinski definition) is 3. The van der Waals surface area contributed by atoms with Crippen molar-refractivity contribution in [1.29, 1.82) is 0 Å². The zero-order valence-electron chi connectivity index (χ0n) is 12.0. The molecule has 2 aromatic rings. The lowest BCUT2D eigenvalue weighted by molar-refractivity contribution is -0.0439. The van der Waals surface area contributed by atoms with E-state index in [1.807, 2.05) is 24.3 Å². The van der Waals surface area contributed by atoms with Gasteiger partial charge in [0.1, 0.15) is 5.75 Å². The molecule has 0 aliphatic rings. The van der Waals surface area contributed by atoms with E-state index >= 15 is 0 Å². The first-order chi connectivity index (χ1) is 9.46. The lowest BCUT2D eigenvalue weighted by Crippen LogP contribution is -2.19. The summed E-state index contributed by atoms with van der Waals surface area (Å²) in [6.45, 7) is 4.22. The molecule has 0 aromatic heterocycles. The van der Waals surface area contributed by atoms with Crippen molar-refractivity contribution in [2.75, 3.05) is 7.11 Å². The smallest absolute Gasteiger partial charge is 0.182 e. The maximum absolute atomic E-state index is 9.47. The molecule has 3 heteroatoms. The lowest BCUT2D eigenvalue weighted by atomic mass is 9.77. The summed E-state index contributed by atoms with van der Waals surface area (Å²) >= 11 is 0. The van der Waals surface area contributed by atoms with Crippen LogP contribution in [-0.4, -0.2) is 17.3 Å². The molecule has 0 saturated heterocycles. The standard InChI is InChI=1S/C17H20O3/c1-17(2,12-7-5-4-6-8-12)13-9-10-15(20-3)14(11-13)16(18)19/h4-11,16,18-19H,1-3H3. The van der Waals surface area contributed by atoms with E-state index in [0.29, 0.717) is 11.3 Å². The van der Waals surface area contributed by atoms with Crippen molar-refractivity contribution in [3.8, 4) is 5.75 Å². The van der Waals surface area contributed by atoms with E-state index in [-0.39, 0.29) is 5.41 Å². The zero-order chi connectivity index (χ0) is 14.8. The van der Waals surface area contributed by atoms with Gasteiger partial charge in [0, 0.05) is 11.0 Å². The summed E-state index contributed by atoms with van der Waals surface area (Å²) in [7, 11) is 1.52. The molecule has 0 spiro atoms. The molecule has 0 fully saturated rings. The van der Waals surface area contributed by atoms with Crippen molar-refractivity contribution < 1.29 is 14.9 Å². The van der Waals surface area contributed by atoms with Crippen LogP contribution in [0.25, 0.3) is 0 Å². The summed E-state index contributed by atoms with van der Waals surface area (Å²) in [6.07, 6.45) is -1.54. The molecule has 2 rings (SSSR count). The van der Waals surface area contributed by atoms with Gasteiger partial charge in [-0.05, 0) is 23.3 Å². The predicted molar refractivity (Wildman–Crippen MR) is 78.7 cm³/mol. The molecule has 0 atom stereocenters. The Morgan fingerprint density at radius 3 is 2.15 bits per heavy atom. The Labute approximate surface area is 119 Å². The average Bonchev–Trinajstić information content (AvgIpc) is 2.47. The molecule has 0 bridgehead atoms. The number of benzene rings is 2. The molecule has 2 N–H and O–H groups in total. The van der Waals surface area contributed by atoms with Gasteiger partial charge in [0.25, 0.3) is 0 Å². The molecule has 20 heavy (non-hydrogen) atoms. The van der Waals surface area contributed by atoms with Crippen molar-refractivity contribution in [3.05, 3.63) is 65.2 Å². The number of hydrogen-bond donors (Lipinski definition) is 2. The van der Waals surface area contributed by atoms with Crippen molar-refractivity contribution in [2.24, 2.45) is 0 Å². The Morgan fingerprint density at radius 1 is 0.950 bits per heavy atom. The second-order valence-corrected chi connectivity index (χ2v) is 5.32. The molecule has 0 saturated carbocycles. The zero-order valence-corrected chi connectivity index (χ0v) is 12.0. The third-order valence-corrected chi connectivity index (χ3v) is 3.73. The highest BCUT2D eigenvalue weighted by Gasteiger charge is 2.24. The first-order valence-corrected chi connectivity index (χ1v) is 6.57. The Hall–Kier alpha value is -1.84. The third kappa shape index (κ3) is 2.69. The normalized spacial score (nSPS) is 11.7. The van der Waals surface area contributed by atoms with E-state index in [1.165, 1.54) is 12.7 Å². The number of aliphatic hydroxyl groups excluding tert-OH is 1. The van der Waals surface area contributed by atoms with Crippen LogP contribution in [-0.2, 0) is 5.41 Å². The lowest BCUT2D eigenvalue weighted by Gasteiger charge is -2.27. The van der Waals surface area contributed by atoms with E-state index in [4.69, 9.17) is 4.74 Å². The summed E-state index contributed by atoms with van der Waals surface area (Å²) in [5.74, 6) is 0.479. The Morgan fingerprint density at radius 2 is 1.60 bits per heavy atom. The van der Waals surface area contributed by atoms with Crippen LogP contribution in [0.3, 0.4) is 0 Å². The van der Waals surface area contributed by atoms with Crippen LogP contribution in [0.15, 0.2) is 48.5 Å². The first kappa shape index (κ1) is 14.6. The number of rotatable bonds is 4. The fraction of sp³-hybridized carbons (Fsp3) is 0.294. The van der Waals surface area contributed by atoms with E-state index in [9.17, 15) is 10.2 Å². The molecule has 3 nitrogen and oxygen atoms in total. The maximum Gasteiger partial charge on any atom is 0.182 e. The van der Waals surface area contributed by atoms with Crippen LogP contribution < -0.4 is 4.74 Å². The molecule has 0 aliphatic heterocycles. The molecular weight excluding hydrogens is 252 g/mol. The summed E-state index contributed by atoms with van der Waals surface area (Å²) < 4.78 is 5.16. The second kappa shape index (κ2) is 5.65. The summed E-state index contributed by atoms with van der Waals surface area (Å²) in [5, 5.41) is 18.9. The Kier molecular flexibility index (Phi) is 4.12. The predicted octanol–water partition coefficient (Wildman–Crippen LogP) is 3.00. The highest BCUT2D eigenvalue weighted by molar-refractivity contribution is 5.44. The molecule has 0 unspecified atom stereocenters. The SMILES string of the molecule is COc1ccc(C(C)(C)c2ccccc2)cc1C(O)O. The van der Waals surface area contributed by atoms with E-state index in [0.717, 1.165) is 5.56 Å². The van der Waals surface area contributed by atoms with E-state index in [2.05, 4.69) is 26.0 Å². The van der Waals surface area contributed by atoms with Gasteiger partial charge in [0.15, 0.2) is 6.29 Å². The van der Waals surface area contributed by atoms with Crippen LogP contribution in [0.1, 0.15) is 36.8 Å². The minimum absolute atomic E-state index is 0.225. The molecule has 0 radical (unpaired) electrons. The Bertz CT molecular complexity index is 574. The van der Waals surface area contributed by atoms with Crippen LogP contribution >= 0.6 is 0 Å². The van der Waals surface area contributed by atoms with Gasteiger partial charge in [-0.15, -0.1) is 0 Å². The van der Waals surface area contributed by atoms with Gasteiger partial charge in [0.05, 0.1) is 7.11 Å². The van der Waals surface area contributed by atoms with Crippen LogP contribution in [0.5, 0.6) is 5.75 Å². The number of ether oxygens (including phenoxy) is 1. The van der Waals surface area contributed by atoms with Gasteiger partial charge in [-0.2, -0.15) is 0 Å². The van der Waals surface area contributed by atoms with Crippen molar-refractivity contribution in [2.45, 2.75) is 25.6 Å². The van der Waals surface area contributed by atoms with Gasteiger partial charge < -0.3 is 14.9 Å². The van der Waals surface area contributed by atoms with Crippen molar-refractivity contribution in [1.82, 2.24) is 0 Å². The Balaban J connectivity index is 2.50. The maximum atomic E-state index is 9.47. The van der Waals surface area contributed by atoms with Gasteiger partial charge in [-0.25, -0.2) is 0 Å². The number of aliphatic hydroxyl groups is 2. The monoisotopic (exact) mass is 272 g/mol. The highest BCUT2D eigenvalue weighted by atomic mass is 16.5. The quantitative estimate of drug-likeness (QED) is 0.841. The largest absolute Gasteiger partial charge is 0.496 e. The molecular formula is C17H20O3. The van der Waals surface area contributed by atoms with Crippen molar-refractivity contribution >= 4 is 0 Å².